The van der Waals surface area contributed by atoms with Gasteiger partial charge in [-0.15, -0.1) is 22.7 Å². The van der Waals surface area contributed by atoms with Crippen molar-refractivity contribution in [1.82, 2.24) is 19.9 Å². The maximum absolute atomic E-state index is 13.0. The molecule has 0 bridgehead atoms. The number of carbonyl (C=O) groups excluding carboxylic acids is 2. The summed E-state index contributed by atoms with van der Waals surface area (Å²) in [4.78, 5) is 48.4. The number of fused-ring (bicyclic) bond motifs is 2. The molecule has 2 N–H and O–H groups in total. The Morgan fingerprint density at radius 2 is 1.94 bits per heavy atom. The monoisotopic (exact) mass is 507 g/mol. The van der Waals surface area contributed by atoms with Crippen LogP contribution in [0.15, 0.2) is 40.5 Å². The van der Waals surface area contributed by atoms with E-state index < -0.39 is 0 Å². The molecular weight excluding hydrogens is 482 g/mol. The Morgan fingerprint density at radius 1 is 1.09 bits per heavy atom. The number of amides is 2. The SMILES string of the molecule is CC(=O)NCc1ccc(-c2csc(NC(=O)c3ccc4c(=O)n5c(nc4c3)CCCCCC5)n2)s1. The van der Waals surface area contributed by atoms with E-state index in [0.29, 0.717) is 34.7 Å². The van der Waals surface area contributed by atoms with Crippen molar-refractivity contribution in [3.63, 3.8) is 0 Å². The predicted molar refractivity (Wildman–Crippen MR) is 139 cm³/mol. The number of nitrogens with zero attached hydrogens (tertiary/aromatic N) is 3. The molecule has 0 unspecified atom stereocenters. The molecule has 35 heavy (non-hydrogen) atoms. The van der Waals surface area contributed by atoms with E-state index in [1.54, 1.807) is 34.1 Å². The average molecular weight is 508 g/mol. The van der Waals surface area contributed by atoms with Crippen LogP contribution in [0.3, 0.4) is 0 Å². The number of aromatic nitrogens is 3. The number of hydrogen-bond donors (Lipinski definition) is 2. The molecule has 10 heteroatoms. The Balaban J connectivity index is 1.34. The minimum Gasteiger partial charge on any atom is -0.351 e. The van der Waals surface area contributed by atoms with E-state index in [4.69, 9.17) is 4.98 Å². The maximum Gasteiger partial charge on any atom is 0.261 e. The molecule has 8 nitrogen and oxygen atoms in total. The Kier molecular flexibility index (Phi) is 6.74. The topological polar surface area (TPSA) is 106 Å². The van der Waals surface area contributed by atoms with Gasteiger partial charge in [0.1, 0.15) is 5.82 Å². The maximum atomic E-state index is 13.0. The smallest absolute Gasteiger partial charge is 0.261 e. The lowest BCUT2D eigenvalue weighted by molar-refractivity contribution is -0.119. The highest BCUT2D eigenvalue weighted by Crippen LogP contribution is 2.31. The fourth-order valence-corrected chi connectivity index (χ4v) is 5.86. The Labute approximate surface area is 210 Å². The van der Waals surface area contributed by atoms with E-state index in [9.17, 15) is 14.4 Å². The van der Waals surface area contributed by atoms with Gasteiger partial charge in [-0.05, 0) is 43.2 Å². The largest absolute Gasteiger partial charge is 0.351 e. The number of thiophene rings is 1. The van der Waals surface area contributed by atoms with Crippen molar-refractivity contribution in [1.29, 1.82) is 0 Å². The first-order valence-electron chi connectivity index (χ1n) is 11.6. The van der Waals surface area contributed by atoms with Gasteiger partial charge < -0.3 is 5.32 Å². The van der Waals surface area contributed by atoms with Gasteiger partial charge in [0.25, 0.3) is 11.5 Å². The van der Waals surface area contributed by atoms with E-state index in [1.807, 2.05) is 17.5 Å². The zero-order valence-corrected chi connectivity index (χ0v) is 20.9. The fraction of sp³-hybridized carbons (Fsp3) is 0.320. The van der Waals surface area contributed by atoms with Crippen LogP contribution in [0.4, 0.5) is 5.13 Å². The molecule has 0 saturated carbocycles. The van der Waals surface area contributed by atoms with Crippen LogP contribution in [-0.4, -0.2) is 26.3 Å². The molecule has 0 spiro atoms. The number of carbonyl (C=O) groups is 2. The summed E-state index contributed by atoms with van der Waals surface area (Å²) in [5, 5.41) is 8.57. The van der Waals surface area contributed by atoms with Crippen LogP contribution >= 0.6 is 22.7 Å². The third kappa shape index (κ3) is 5.18. The van der Waals surface area contributed by atoms with Crippen molar-refractivity contribution in [2.75, 3.05) is 5.32 Å². The third-order valence-electron chi connectivity index (χ3n) is 5.98. The van der Waals surface area contributed by atoms with E-state index in [0.717, 1.165) is 53.4 Å². The van der Waals surface area contributed by atoms with Crippen molar-refractivity contribution in [2.24, 2.45) is 0 Å². The summed E-state index contributed by atoms with van der Waals surface area (Å²) < 4.78 is 1.80. The van der Waals surface area contributed by atoms with Crippen LogP contribution in [0.25, 0.3) is 21.5 Å². The van der Waals surface area contributed by atoms with Crippen LogP contribution in [0.2, 0.25) is 0 Å². The highest BCUT2D eigenvalue weighted by Gasteiger charge is 2.16. The van der Waals surface area contributed by atoms with Crippen LogP contribution in [0.5, 0.6) is 0 Å². The van der Waals surface area contributed by atoms with Crippen molar-refractivity contribution in [2.45, 2.75) is 52.1 Å². The number of nitrogens with one attached hydrogen (secondary N) is 2. The van der Waals surface area contributed by atoms with Gasteiger partial charge in [0, 0.05) is 35.7 Å². The van der Waals surface area contributed by atoms with Gasteiger partial charge in [-0.1, -0.05) is 12.8 Å². The molecule has 2 amide bonds. The normalized spacial score (nSPS) is 13.6. The Bertz CT molecular complexity index is 1470. The molecule has 1 aliphatic rings. The lowest BCUT2D eigenvalue weighted by Gasteiger charge is -2.16. The third-order valence-corrected chi connectivity index (χ3v) is 7.84. The molecule has 3 aromatic heterocycles. The molecule has 0 aliphatic carbocycles. The Hall–Kier alpha value is -3.37. The fourth-order valence-electron chi connectivity index (χ4n) is 4.17. The molecule has 0 atom stereocenters. The van der Waals surface area contributed by atoms with Crippen LogP contribution < -0.4 is 16.2 Å². The molecule has 0 radical (unpaired) electrons. The van der Waals surface area contributed by atoms with Gasteiger partial charge in [0.2, 0.25) is 5.91 Å². The summed E-state index contributed by atoms with van der Waals surface area (Å²) in [6.45, 7) is 2.67. The van der Waals surface area contributed by atoms with Crippen molar-refractivity contribution < 1.29 is 9.59 Å². The minimum absolute atomic E-state index is 0.0303. The van der Waals surface area contributed by atoms with Gasteiger partial charge in [-0.25, -0.2) is 9.97 Å². The van der Waals surface area contributed by atoms with Gasteiger partial charge in [0.15, 0.2) is 5.13 Å². The summed E-state index contributed by atoms with van der Waals surface area (Å²) >= 11 is 2.90. The van der Waals surface area contributed by atoms with Gasteiger partial charge in [-0.2, -0.15) is 0 Å². The van der Waals surface area contributed by atoms with Gasteiger partial charge in [0.05, 0.1) is 28.0 Å². The highest BCUT2D eigenvalue weighted by atomic mass is 32.1. The molecule has 0 saturated heterocycles. The summed E-state index contributed by atoms with van der Waals surface area (Å²) in [7, 11) is 0. The molecule has 4 heterocycles. The first kappa shape index (κ1) is 23.4. The number of aryl methyl sites for hydroxylation is 1. The standard InChI is InChI=1S/C25H25N5O3S2/c1-15(31)26-13-17-8-10-21(35-17)20-14-34-25(28-20)29-23(32)16-7-9-18-19(12-16)27-22-6-4-2-3-5-11-30(22)24(18)33/h7-10,12,14H,2-6,11,13H2,1H3,(H,26,31)(H,28,29,32). The zero-order chi connectivity index (χ0) is 24.4. The highest BCUT2D eigenvalue weighted by molar-refractivity contribution is 7.17. The van der Waals surface area contributed by atoms with Gasteiger partial charge >= 0.3 is 0 Å². The zero-order valence-electron chi connectivity index (χ0n) is 19.3. The number of thiazole rings is 1. The minimum atomic E-state index is -0.293. The second-order valence-electron chi connectivity index (χ2n) is 8.55. The molecule has 0 fully saturated rings. The summed E-state index contributed by atoms with van der Waals surface area (Å²) in [6.07, 6.45) is 5.06. The lowest BCUT2D eigenvalue weighted by Crippen LogP contribution is -2.26. The summed E-state index contributed by atoms with van der Waals surface area (Å²) in [5.74, 6) is 0.440. The van der Waals surface area contributed by atoms with Crippen molar-refractivity contribution >= 4 is 50.5 Å². The molecule has 5 rings (SSSR count). The van der Waals surface area contributed by atoms with E-state index >= 15 is 0 Å². The predicted octanol–water partition coefficient (Wildman–Crippen LogP) is 4.59. The van der Waals surface area contributed by atoms with Crippen molar-refractivity contribution in [3.05, 3.63) is 62.3 Å². The van der Waals surface area contributed by atoms with Crippen LogP contribution in [0, 0.1) is 0 Å². The number of hydrogen-bond acceptors (Lipinski definition) is 7. The first-order chi connectivity index (χ1) is 17.0. The molecular formula is C25H25N5O3S2. The second kappa shape index (κ2) is 10.1. The van der Waals surface area contributed by atoms with E-state index in [2.05, 4.69) is 15.6 Å². The number of benzene rings is 1. The summed E-state index contributed by atoms with van der Waals surface area (Å²) in [5.41, 5.74) is 1.73. The first-order valence-corrected chi connectivity index (χ1v) is 13.3. The quantitative estimate of drug-likeness (QED) is 0.411. The summed E-state index contributed by atoms with van der Waals surface area (Å²) in [6, 6.07) is 8.97. The van der Waals surface area contributed by atoms with E-state index in [1.165, 1.54) is 18.3 Å². The molecule has 4 aromatic rings. The van der Waals surface area contributed by atoms with Gasteiger partial charge in [-0.3, -0.25) is 24.3 Å². The molecule has 1 aliphatic heterocycles. The van der Waals surface area contributed by atoms with Crippen LogP contribution in [-0.2, 0) is 24.3 Å². The second-order valence-corrected chi connectivity index (χ2v) is 10.6. The van der Waals surface area contributed by atoms with E-state index in [-0.39, 0.29) is 17.4 Å². The number of anilines is 1. The molecule has 1 aromatic carbocycles. The molecule has 180 valence electrons. The number of rotatable bonds is 5. The average Bonchev–Trinajstić information content (AvgIpc) is 3.48. The lowest BCUT2D eigenvalue weighted by atomic mass is 10.1. The van der Waals surface area contributed by atoms with Crippen molar-refractivity contribution in [3.8, 4) is 10.6 Å². The Morgan fingerprint density at radius 3 is 2.80 bits per heavy atom. The van der Waals surface area contributed by atoms with Crippen LogP contribution in [0.1, 0.15) is 53.7 Å².